The largest absolute Gasteiger partial charge is 0.346 e. The van der Waals surface area contributed by atoms with Gasteiger partial charge in [0.15, 0.2) is 5.69 Å². The van der Waals surface area contributed by atoms with Gasteiger partial charge in [-0.2, -0.15) is 5.10 Å². The number of hydrogen-bond acceptors (Lipinski definition) is 4. The maximum absolute atomic E-state index is 12.6. The third-order valence-electron chi connectivity index (χ3n) is 3.62. The highest BCUT2D eigenvalue weighted by atomic mass is 32.1. The Morgan fingerprint density at radius 1 is 1.21 bits per heavy atom. The Hall–Kier alpha value is -2.47. The SMILES string of the molecule is CC(C)Cn1nc(C(=O)NCc2cccs2)c2ccccc2c1=O. The molecule has 1 amide bonds. The van der Waals surface area contributed by atoms with Crippen LogP contribution in [0.1, 0.15) is 29.2 Å². The number of carbonyl (C=O) groups excluding carboxylic acids is 1. The van der Waals surface area contributed by atoms with Crippen LogP contribution >= 0.6 is 11.3 Å². The number of benzene rings is 1. The molecule has 0 saturated heterocycles. The first-order valence-electron chi connectivity index (χ1n) is 7.86. The summed E-state index contributed by atoms with van der Waals surface area (Å²) in [5, 5.41) is 10.3. The number of nitrogens with zero attached hydrogens (tertiary/aromatic N) is 2. The fourth-order valence-electron chi connectivity index (χ4n) is 2.54. The summed E-state index contributed by atoms with van der Waals surface area (Å²) in [6, 6.07) is 11.0. The van der Waals surface area contributed by atoms with Gasteiger partial charge in [0.25, 0.3) is 11.5 Å². The average molecular weight is 341 g/mol. The minimum atomic E-state index is -0.267. The first kappa shape index (κ1) is 16.4. The molecule has 0 saturated carbocycles. The van der Waals surface area contributed by atoms with Gasteiger partial charge in [-0.15, -0.1) is 11.3 Å². The lowest BCUT2D eigenvalue weighted by molar-refractivity contribution is 0.0945. The maximum atomic E-state index is 12.6. The standard InChI is InChI=1S/C18H19N3O2S/c1-12(2)11-21-18(23)15-8-4-3-7-14(15)16(20-21)17(22)19-10-13-6-5-9-24-13/h3-9,12H,10-11H2,1-2H3,(H,19,22). The van der Waals surface area contributed by atoms with Gasteiger partial charge in [-0.05, 0) is 23.4 Å². The Labute approximate surface area is 143 Å². The number of fused-ring (bicyclic) bond motifs is 1. The van der Waals surface area contributed by atoms with E-state index in [0.717, 1.165) is 4.88 Å². The molecule has 24 heavy (non-hydrogen) atoms. The quantitative estimate of drug-likeness (QED) is 0.776. The van der Waals surface area contributed by atoms with Gasteiger partial charge in [0.2, 0.25) is 0 Å². The molecular formula is C18H19N3O2S. The predicted octanol–water partition coefficient (Wildman–Crippen LogP) is 3.04. The number of thiophene rings is 1. The summed E-state index contributed by atoms with van der Waals surface area (Å²) in [7, 11) is 0. The van der Waals surface area contributed by atoms with Gasteiger partial charge in [-0.3, -0.25) is 9.59 Å². The molecule has 2 heterocycles. The predicted molar refractivity (Wildman–Crippen MR) is 96.3 cm³/mol. The Kier molecular flexibility index (Phi) is 4.76. The smallest absolute Gasteiger partial charge is 0.274 e. The van der Waals surface area contributed by atoms with Crippen molar-refractivity contribution in [3.05, 3.63) is 62.7 Å². The highest BCUT2D eigenvalue weighted by Gasteiger charge is 2.17. The van der Waals surface area contributed by atoms with Gasteiger partial charge >= 0.3 is 0 Å². The summed E-state index contributed by atoms with van der Waals surface area (Å²) in [5.74, 6) is -0.00417. The zero-order valence-corrected chi connectivity index (χ0v) is 14.5. The minimum absolute atomic E-state index is 0.158. The first-order chi connectivity index (χ1) is 11.6. The molecule has 0 spiro atoms. The zero-order chi connectivity index (χ0) is 17.1. The molecule has 1 N–H and O–H groups in total. The molecule has 3 rings (SSSR count). The molecule has 0 fully saturated rings. The Morgan fingerprint density at radius 2 is 1.96 bits per heavy atom. The molecule has 3 aromatic rings. The van der Waals surface area contributed by atoms with E-state index < -0.39 is 0 Å². The molecule has 0 radical (unpaired) electrons. The van der Waals surface area contributed by atoms with Crippen molar-refractivity contribution in [2.75, 3.05) is 0 Å². The van der Waals surface area contributed by atoms with E-state index >= 15 is 0 Å². The Bertz CT molecular complexity index is 914. The molecule has 0 unspecified atom stereocenters. The van der Waals surface area contributed by atoms with Crippen LogP contribution in [0.4, 0.5) is 0 Å². The fraction of sp³-hybridized carbons (Fsp3) is 0.278. The molecule has 5 nitrogen and oxygen atoms in total. The van der Waals surface area contributed by atoms with Crippen molar-refractivity contribution in [1.29, 1.82) is 0 Å². The highest BCUT2D eigenvalue weighted by Crippen LogP contribution is 2.14. The molecule has 6 heteroatoms. The van der Waals surface area contributed by atoms with Crippen molar-refractivity contribution in [3.8, 4) is 0 Å². The van der Waals surface area contributed by atoms with Crippen LogP contribution in [0.3, 0.4) is 0 Å². The Balaban J connectivity index is 2.00. The van der Waals surface area contributed by atoms with Crippen LogP contribution in [0.25, 0.3) is 10.8 Å². The summed E-state index contributed by atoms with van der Waals surface area (Å²) in [6.45, 7) is 4.96. The number of carbonyl (C=O) groups is 1. The minimum Gasteiger partial charge on any atom is -0.346 e. The van der Waals surface area contributed by atoms with E-state index in [1.54, 1.807) is 29.5 Å². The van der Waals surface area contributed by atoms with Crippen LogP contribution in [0.15, 0.2) is 46.6 Å². The molecule has 0 atom stereocenters. The number of amides is 1. The van der Waals surface area contributed by atoms with Crippen molar-refractivity contribution < 1.29 is 4.79 Å². The molecular weight excluding hydrogens is 322 g/mol. The third kappa shape index (κ3) is 3.38. The van der Waals surface area contributed by atoms with Crippen LogP contribution in [0.5, 0.6) is 0 Å². The molecule has 124 valence electrons. The first-order valence-corrected chi connectivity index (χ1v) is 8.74. The summed E-state index contributed by atoms with van der Waals surface area (Å²) in [4.78, 5) is 26.2. The lowest BCUT2D eigenvalue weighted by Crippen LogP contribution is -2.31. The molecule has 0 aliphatic carbocycles. The molecule has 0 aliphatic heterocycles. The normalized spacial score (nSPS) is 11.1. The fourth-order valence-corrected chi connectivity index (χ4v) is 3.18. The van der Waals surface area contributed by atoms with E-state index in [9.17, 15) is 9.59 Å². The monoisotopic (exact) mass is 341 g/mol. The lowest BCUT2D eigenvalue weighted by Gasteiger charge is -2.12. The number of hydrogen-bond donors (Lipinski definition) is 1. The summed E-state index contributed by atoms with van der Waals surface area (Å²) in [6.07, 6.45) is 0. The van der Waals surface area contributed by atoms with Gasteiger partial charge in [-0.25, -0.2) is 4.68 Å². The van der Waals surface area contributed by atoms with E-state index in [1.165, 1.54) is 4.68 Å². The van der Waals surface area contributed by atoms with Crippen LogP contribution < -0.4 is 10.9 Å². The third-order valence-corrected chi connectivity index (χ3v) is 4.50. The van der Waals surface area contributed by atoms with E-state index in [0.29, 0.717) is 29.6 Å². The van der Waals surface area contributed by atoms with Crippen molar-refractivity contribution in [2.45, 2.75) is 26.9 Å². The highest BCUT2D eigenvalue weighted by molar-refractivity contribution is 7.09. The second-order valence-electron chi connectivity index (χ2n) is 6.04. The maximum Gasteiger partial charge on any atom is 0.274 e. The number of aromatic nitrogens is 2. The van der Waals surface area contributed by atoms with Crippen molar-refractivity contribution >= 4 is 28.0 Å². The van der Waals surface area contributed by atoms with Gasteiger partial charge in [0.05, 0.1) is 11.9 Å². The lowest BCUT2D eigenvalue weighted by atomic mass is 10.1. The molecule has 0 aliphatic rings. The van der Waals surface area contributed by atoms with Crippen molar-refractivity contribution in [2.24, 2.45) is 5.92 Å². The van der Waals surface area contributed by atoms with E-state index in [2.05, 4.69) is 10.4 Å². The number of nitrogens with one attached hydrogen (secondary N) is 1. The van der Waals surface area contributed by atoms with E-state index in [4.69, 9.17) is 0 Å². The second kappa shape index (κ2) is 6.97. The molecule has 1 aromatic carbocycles. The topological polar surface area (TPSA) is 64.0 Å². The Morgan fingerprint density at radius 3 is 2.62 bits per heavy atom. The van der Waals surface area contributed by atoms with Crippen LogP contribution in [0.2, 0.25) is 0 Å². The molecule has 0 bridgehead atoms. The van der Waals surface area contributed by atoms with Crippen LogP contribution in [-0.2, 0) is 13.1 Å². The second-order valence-corrected chi connectivity index (χ2v) is 7.07. The summed E-state index contributed by atoms with van der Waals surface area (Å²) in [5.41, 5.74) is 0.136. The van der Waals surface area contributed by atoms with E-state index in [1.807, 2.05) is 37.4 Å². The molecule has 2 aromatic heterocycles. The van der Waals surface area contributed by atoms with Gasteiger partial charge in [-0.1, -0.05) is 38.1 Å². The summed E-state index contributed by atoms with van der Waals surface area (Å²) < 4.78 is 1.40. The average Bonchev–Trinajstić information content (AvgIpc) is 3.08. The number of rotatable bonds is 5. The van der Waals surface area contributed by atoms with Crippen LogP contribution in [-0.4, -0.2) is 15.7 Å². The van der Waals surface area contributed by atoms with Gasteiger partial charge < -0.3 is 5.32 Å². The summed E-state index contributed by atoms with van der Waals surface area (Å²) >= 11 is 1.59. The van der Waals surface area contributed by atoms with Crippen LogP contribution in [0, 0.1) is 5.92 Å². The zero-order valence-electron chi connectivity index (χ0n) is 13.7. The van der Waals surface area contributed by atoms with Gasteiger partial charge in [0, 0.05) is 16.8 Å². The van der Waals surface area contributed by atoms with Gasteiger partial charge in [0.1, 0.15) is 0 Å². The van der Waals surface area contributed by atoms with Crippen molar-refractivity contribution in [3.63, 3.8) is 0 Å². The van der Waals surface area contributed by atoms with Crippen molar-refractivity contribution in [1.82, 2.24) is 15.1 Å². The van der Waals surface area contributed by atoms with E-state index in [-0.39, 0.29) is 17.4 Å².